The van der Waals surface area contributed by atoms with Crippen LogP contribution in [0.4, 0.5) is 0 Å². The topological polar surface area (TPSA) is 75.7 Å². The number of hydrogen-bond acceptors (Lipinski definition) is 4. The van der Waals surface area contributed by atoms with Gasteiger partial charge in [-0.2, -0.15) is 0 Å². The number of hydrogen-bond donors (Lipinski definition) is 1. The van der Waals surface area contributed by atoms with E-state index in [2.05, 4.69) is 4.72 Å². The molecule has 0 unspecified atom stereocenters. The second-order valence-electron chi connectivity index (χ2n) is 6.97. The van der Waals surface area contributed by atoms with Crippen molar-refractivity contribution in [1.82, 2.24) is 9.62 Å². The Balaban J connectivity index is 1.86. The average Bonchev–Trinajstić information content (AvgIpc) is 2.67. The van der Waals surface area contributed by atoms with Crippen LogP contribution >= 0.6 is 0 Å². The normalized spacial score (nSPS) is 11.6. The van der Waals surface area contributed by atoms with Gasteiger partial charge in [0.15, 0.2) is 0 Å². The summed E-state index contributed by atoms with van der Waals surface area (Å²) in [4.78, 5) is 13.9. The van der Waals surface area contributed by atoms with Gasteiger partial charge >= 0.3 is 0 Å². The first-order chi connectivity index (χ1) is 13.7. The molecule has 2 rings (SSSR count). The molecular formula is C22H28N2O4S. The van der Waals surface area contributed by atoms with Gasteiger partial charge in [0, 0.05) is 37.5 Å². The first-order valence-corrected chi connectivity index (χ1v) is 10.9. The molecule has 2 aromatic rings. The molecule has 0 radical (unpaired) electrons. The maximum atomic E-state index is 12.4. The summed E-state index contributed by atoms with van der Waals surface area (Å²) in [6, 6.07) is 13.3. The smallest absolute Gasteiger partial charge is 0.233 e. The zero-order valence-corrected chi connectivity index (χ0v) is 18.1. The van der Waals surface area contributed by atoms with E-state index in [4.69, 9.17) is 4.74 Å². The third-order valence-corrected chi connectivity index (χ3v) is 5.53. The molecule has 0 aromatic heterocycles. The molecule has 0 fully saturated rings. The minimum Gasteiger partial charge on any atom is -0.496 e. The molecule has 0 spiro atoms. The highest BCUT2D eigenvalue weighted by Crippen LogP contribution is 2.21. The highest BCUT2D eigenvalue weighted by molar-refractivity contribution is 7.92. The van der Waals surface area contributed by atoms with Crippen LogP contribution in [0, 0.1) is 13.8 Å². The van der Waals surface area contributed by atoms with Gasteiger partial charge in [0.05, 0.1) is 7.11 Å². The fourth-order valence-electron chi connectivity index (χ4n) is 2.76. The van der Waals surface area contributed by atoms with Crippen molar-refractivity contribution >= 4 is 22.0 Å². The van der Waals surface area contributed by atoms with Gasteiger partial charge in [-0.05, 0) is 31.6 Å². The van der Waals surface area contributed by atoms with Crippen LogP contribution in [0.15, 0.2) is 47.9 Å². The number of carbonyl (C=O) groups excluding carboxylic acids is 1. The van der Waals surface area contributed by atoms with Crippen molar-refractivity contribution in [2.75, 3.05) is 20.7 Å². The van der Waals surface area contributed by atoms with Crippen molar-refractivity contribution < 1.29 is 17.9 Å². The molecule has 2 aromatic carbocycles. The summed E-state index contributed by atoms with van der Waals surface area (Å²) >= 11 is 0. The van der Waals surface area contributed by atoms with Gasteiger partial charge < -0.3 is 9.64 Å². The Bertz CT molecular complexity index is 967. The van der Waals surface area contributed by atoms with Gasteiger partial charge in [-0.1, -0.05) is 47.5 Å². The van der Waals surface area contributed by atoms with E-state index >= 15 is 0 Å². The number of sulfonamides is 1. The number of rotatable bonds is 9. The molecule has 156 valence electrons. The lowest BCUT2D eigenvalue weighted by Gasteiger charge is -2.19. The summed E-state index contributed by atoms with van der Waals surface area (Å²) < 4.78 is 32.0. The number of nitrogens with zero attached hydrogens (tertiary/aromatic N) is 1. The molecule has 0 aliphatic carbocycles. The summed E-state index contributed by atoms with van der Waals surface area (Å²) in [5, 5.41) is 1.11. The van der Waals surface area contributed by atoms with Crippen LogP contribution in [0.1, 0.15) is 28.7 Å². The number of nitrogens with one attached hydrogen (secondary N) is 1. The molecule has 0 saturated heterocycles. The summed E-state index contributed by atoms with van der Waals surface area (Å²) in [5.74, 6) is 0.566. The van der Waals surface area contributed by atoms with Crippen molar-refractivity contribution in [3.8, 4) is 5.75 Å². The predicted octanol–water partition coefficient (Wildman–Crippen LogP) is 3.25. The highest BCUT2D eigenvalue weighted by Gasteiger charge is 2.13. The monoisotopic (exact) mass is 416 g/mol. The number of ether oxygens (including phenoxy) is 1. The summed E-state index contributed by atoms with van der Waals surface area (Å²) in [6.07, 6.45) is 1.60. The molecular weight excluding hydrogens is 388 g/mol. The van der Waals surface area contributed by atoms with Crippen LogP contribution in [0.2, 0.25) is 0 Å². The van der Waals surface area contributed by atoms with Crippen LogP contribution in [-0.4, -0.2) is 39.9 Å². The summed E-state index contributed by atoms with van der Waals surface area (Å²) in [5.41, 5.74) is 3.89. The molecule has 6 nitrogen and oxygen atoms in total. The molecule has 0 atom stereocenters. The van der Waals surface area contributed by atoms with Crippen LogP contribution < -0.4 is 9.46 Å². The van der Waals surface area contributed by atoms with Crippen LogP contribution in [0.3, 0.4) is 0 Å². The molecule has 1 amide bonds. The van der Waals surface area contributed by atoms with Crippen LogP contribution in [-0.2, 0) is 21.4 Å². The maximum absolute atomic E-state index is 12.4. The lowest BCUT2D eigenvalue weighted by Crippen LogP contribution is -2.31. The van der Waals surface area contributed by atoms with Crippen molar-refractivity contribution in [1.29, 1.82) is 0 Å². The largest absolute Gasteiger partial charge is 0.496 e. The highest BCUT2D eigenvalue weighted by atomic mass is 32.2. The van der Waals surface area contributed by atoms with E-state index in [0.717, 1.165) is 33.4 Å². The molecule has 0 saturated carbocycles. The molecule has 1 N–H and O–H groups in total. The first-order valence-electron chi connectivity index (χ1n) is 9.32. The Morgan fingerprint density at radius 3 is 2.41 bits per heavy atom. The molecule has 0 heterocycles. The second kappa shape index (κ2) is 10.2. The maximum Gasteiger partial charge on any atom is 0.233 e. The number of methoxy groups -OCH3 is 1. The zero-order valence-electron chi connectivity index (χ0n) is 17.3. The van der Waals surface area contributed by atoms with Gasteiger partial charge in [-0.3, -0.25) is 4.79 Å². The fraction of sp³-hybridized carbons (Fsp3) is 0.318. The molecule has 7 heteroatoms. The number of carbonyl (C=O) groups is 1. The van der Waals surface area contributed by atoms with Crippen molar-refractivity contribution in [3.05, 3.63) is 70.1 Å². The van der Waals surface area contributed by atoms with Gasteiger partial charge in [0.2, 0.25) is 15.9 Å². The summed E-state index contributed by atoms with van der Waals surface area (Å²) in [7, 11) is -0.325. The number of aryl methyl sites for hydroxylation is 2. The standard InChI is InChI=1S/C22H28N2O4S/c1-17-5-8-19(9-6-17)12-14-29(26,27)23-13-11-22(25)24(3)16-20-15-18(2)7-10-21(20)28-4/h5-10,12,14-15,23H,11,13,16H2,1-4H3/b14-12+. The van der Waals surface area contributed by atoms with E-state index in [1.165, 1.54) is 6.08 Å². The fourth-order valence-corrected chi connectivity index (χ4v) is 3.58. The van der Waals surface area contributed by atoms with E-state index in [0.29, 0.717) is 6.54 Å². The molecule has 0 aliphatic rings. The molecule has 29 heavy (non-hydrogen) atoms. The Morgan fingerprint density at radius 1 is 1.10 bits per heavy atom. The van der Waals surface area contributed by atoms with E-state index in [-0.39, 0.29) is 18.9 Å². The van der Waals surface area contributed by atoms with E-state index in [1.807, 2.05) is 56.3 Å². The summed E-state index contributed by atoms with van der Waals surface area (Å²) in [6.45, 7) is 4.37. The molecule has 0 bridgehead atoms. The first kappa shape index (κ1) is 22.6. The van der Waals surface area contributed by atoms with Gasteiger partial charge in [0.25, 0.3) is 0 Å². The molecule has 0 aliphatic heterocycles. The van der Waals surface area contributed by atoms with Crippen LogP contribution in [0.5, 0.6) is 5.75 Å². The Kier molecular flexibility index (Phi) is 7.99. The predicted molar refractivity (Wildman–Crippen MR) is 116 cm³/mol. The number of benzene rings is 2. The van der Waals surface area contributed by atoms with E-state index in [1.54, 1.807) is 19.1 Å². The van der Waals surface area contributed by atoms with Crippen molar-refractivity contribution in [3.63, 3.8) is 0 Å². The number of amides is 1. The third kappa shape index (κ3) is 7.36. The Labute approximate surface area is 173 Å². The SMILES string of the molecule is COc1ccc(C)cc1CN(C)C(=O)CCNS(=O)(=O)/C=C/c1ccc(C)cc1. The quantitative estimate of drug-likeness (QED) is 0.681. The average molecular weight is 417 g/mol. The lowest BCUT2D eigenvalue weighted by atomic mass is 10.1. The van der Waals surface area contributed by atoms with E-state index < -0.39 is 10.0 Å². The minimum atomic E-state index is -3.61. The minimum absolute atomic E-state index is 0.0364. The van der Waals surface area contributed by atoms with Gasteiger partial charge in [-0.15, -0.1) is 0 Å². The van der Waals surface area contributed by atoms with Crippen LogP contribution in [0.25, 0.3) is 6.08 Å². The van der Waals surface area contributed by atoms with Gasteiger partial charge in [-0.25, -0.2) is 13.1 Å². The Hall–Kier alpha value is -2.64. The third-order valence-electron chi connectivity index (χ3n) is 4.43. The zero-order chi connectivity index (χ0) is 21.4. The Morgan fingerprint density at radius 2 is 1.76 bits per heavy atom. The lowest BCUT2D eigenvalue weighted by molar-refractivity contribution is -0.130. The van der Waals surface area contributed by atoms with Crippen molar-refractivity contribution in [2.45, 2.75) is 26.8 Å². The van der Waals surface area contributed by atoms with Gasteiger partial charge in [0.1, 0.15) is 5.75 Å². The van der Waals surface area contributed by atoms with E-state index in [9.17, 15) is 13.2 Å². The van der Waals surface area contributed by atoms with Crippen molar-refractivity contribution in [2.24, 2.45) is 0 Å². The second-order valence-corrected chi connectivity index (χ2v) is 8.62.